The minimum atomic E-state index is -0.868. The molecule has 2 N–H and O–H groups in total. The molecule has 0 unspecified atom stereocenters. The van der Waals surface area contributed by atoms with Crippen LogP contribution >= 0.6 is 0 Å². The molecule has 2 aromatic rings. The predicted molar refractivity (Wildman–Crippen MR) is 134 cm³/mol. The van der Waals surface area contributed by atoms with E-state index in [2.05, 4.69) is 20.4 Å². The maximum Gasteiger partial charge on any atom is 0.414 e. The van der Waals surface area contributed by atoms with Gasteiger partial charge in [-0.05, 0) is 19.1 Å². The number of pyridine rings is 1. The Balaban J connectivity index is 1.31. The Morgan fingerprint density at radius 3 is 2.41 bits per heavy atom. The largest absolute Gasteiger partial charge is 0.453 e. The molecule has 12 nitrogen and oxygen atoms in total. The predicted octanol–water partition coefficient (Wildman–Crippen LogP) is 1.43. The summed E-state index contributed by atoms with van der Waals surface area (Å²) in [5, 5.41) is 4.96. The molecular weight excluding hydrogens is 518 g/mol. The summed E-state index contributed by atoms with van der Waals surface area (Å²) in [6.07, 6.45) is -0.782. The van der Waals surface area contributed by atoms with Crippen molar-refractivity contribution in [3.8, 4) is 0 Å². The molecule has 0 saturated carbocycles. The maximum atomic E-state index is 15.1. The van der Waals surface area contributed by atoms with Crippen LogP contribution in [0.4, 0.5) is 29.7 Å². The van der Waals surface area contributed by atoms with Gasteiger partial charge in [0.2, 0.25) is 5.91 Å². The van der Waals surface area contributed by atoms with Crippen molar-refractivity contribution >= 4 is 35.4 Å². The molecule has 1 atom stereocenters. The highest BCUT2D eigenvalue weighted by atomic mass is 19.1. The monoisotopic (exact) mass is 546 g/mol. The number of hydrogen-bond acceptors (Lipinski definition) is 8. The molecule has 2 fully saturated rings. The van der Waals surface area contributed by atoms with Crippen LogP contribution in [0, 0.1) is 18.6 Å². The van der Waals surface area contributed by atoms with Crippen molar-refractivity contribution in [1.82, 2.24) is 20.5 Å². The van der Waals surface area contributed by atoms with Crippen molar-refractivity contribution in [2.24, 2.45) is 0 Å². The molecule has 4 rings (SSSR count). The van der Waals surface area contributed by atoms with E-state index in [1.54, 1.807) is 19.1 Å². The highest BCUT2D eigenvalue weighted by molar-refractivity contribution is 5.96. The van der Waals surface area contributed by atoms with Gasteiger partial charge in [-0.1, -0.05) is 0 Å². The number of nitrogens with zero attached hydrogens (tertiary/aromatic N) is 4. The summed E-state index contributed by atoms with van der Waals surface area (Å²) in [4.78, 5) is 56.4. The van der Waals surface area contributed by atoms with Crippen molar-refractivity contribution in [2.45, 2.75) is 13.0 Å². The number of aromatic nitrogens is 1. The van der Waals surface area contributed by atoms with Gasteiger partial charge in [0.15, 0.2) is 11.6 Å². The first kappa shape index (κ1) is 27.5. The van der Waals surface area contributed by atoms with Crippen LogP contribution in [0.5, 0.6) is 0 Å². The zero-order chi connectivity index (χ0) is 28.1. The number of hydrogen-bond donors (Lipinski definition) is 2. The van der Waals surface area contributed by atoms with Crippen molar-refractivity contribution in [3.63, 3.8) is 0 Å². The van der Waals surface area contributed by atoms with Crippen molar-refractivity contribution in [3.05, 3.63) is 53.4 Å². The van der Waals surface area contributed by atoms with Gasteiger partial charge in [-0.3, -0.25) is 19.5 Å². The Morgan fingerprint density at radius 2 is 1.79 bits per heavy atom. The molecule has 14 heteroatoms. The first-order valence-corrected chi connectivity index (χ1v) is 12.2. The lowest BCUT2D eigenvalue weighted by atomic mass is 10.2. The van der Waals surface area contributed by atoms with E-state index in [0.29, 0.717) is 5.56 Å². The topological polar surface area (TPSA) is 133 Å². The van der Waals surface area contributed by atoms with Crippen LogP contribution in [0.3, 0.4) is 0 Å². The molecule has 3 heterocycles. The second kappa shape index (κ2) is 11.9. The lowest BCUT2D eigenvalue weighted by molar-refractivity contribution is -0.130. The number of cyclic esters (lactones) is 1. The Kier molecular flexibility index (Phi) is 8.42. The quantitative estimate of drug-likeness (QED) is 0.533. The standard InChI is InChI=1S/C25H28F2N6O6/c1-15-3-4-16(11-28-15)23(35)29-13-21(34)31-5-7-32(8-6-31)22-19(26)9-17(10-20(22)27)33-14-18(39-25(33)37)12-30-24(36)38-2/h3-4,9-11,18H,5-8,12-14H2,1-2H3,(H,29,35)(H,30,36)/t18-/m0/s1. The number of carbonyl (C=O) groups is 4. The fourth-order valence-electron chi connectivity index (χ4n) is 4.27. The summed E-state index contributed by atoms with van der Waals surface area (Å²) < 4.78 is 39.7. The van der Waals surface area contributed by atoms with Gasteiger partial charge >= 0.3 is 12.2 Å². The van der Waals surface area contributed by atoms with Crippen LogP contribution in [0.1, 0.15) is 16.1 Å². The van der Waals surface area contributed by atoms with E-state index in [4.69, 9.17) is 4.74 Å². The van der Waals surface area contributed by atoms with E-state index >= 15 is 8.78 Å². The molecule has 0 radical (unpaired) electrons. The number of alkyl carbamates (subject to hydrolysis) is 1. The highest BCUT2D eigenvalue weighted by Crippen LogP contribution is 2.31. The molecular formula is C25H28F2N6O6. The van der Waals surface area contributed by atoms with E-state index in [-0.39, 0.29) is 63.1 Å². The number of halogens is 2. The summed E-state index contributed by atoms with van der Waals surface area (Å²) in [6, 6.07) is 5.40. The van der Waals surface area contributed by atoms with E-state index < -0.39 is 35.8 Å². The smallest absolute Gasteiger partial charge is 0.414 e. The molecule has 1 aromatic heterocycles. The van der Waals surface area contributed by atoms with E-state index in [0.717, 1.165) is 22.7 Å². The fourth-order valence-corrected chi connectivity index (χ4v) is 4.27. The molecule has 2 aliphatic rings. The first-order valence-electron chi connectivity index (χ1n) is 12.2. The van der Waals surface area contributed by atoms with E-state index in [1.807, 2.05) is 0 Å². The third-order valence-corrected chi connectivity index (χ3v) is 6.37. The summed E-state index contributed by atoms with van der Waals surface area (Å²) in [5.74, 6) is -2.48. The van der Waals surface area contributed by atoms with Crippen LogP contribution in [0.25, 0.3) is 0 Å². The SMILES string of the molecule is COC(=O)NC[C@H]1CN(c2cc(F)c(N3CCN(C(=O)CNC(=O)c4ccc(C)nc4)CC3)c(F)c2)C(=O)O1. The van der Waals surface area contributed by atoms with Gasteiger partial charge in [0.25, 0.3) is 5.91 Å². The van der Waals surface area contributed by atoms with Gasteiger partial charge in [0.1, 0.15) is 11.8 Å². The van der Waals surface area contributed by atoms with Gasteiger partial charge in [0.05, 0.1) is 38.0 Å². The average molecular weight is 547 g/mol. The van der Waals surface area contributed by atoms with Crippen LogP contribution < -0.4 is 20.4 Å². The van der Waals surface area contributed by atoms with Crippen molar-refractivity contribution in [1.29, 1.82) is 0 Å². The van der Waals surface area contributed by atoms with Crippen LogP contribution in [-0.2, 0) is 14.3 Å². The molecule has 2 saturated heterocycles. The van der Waals surface area contributed by atoms with Crippen molar-refractivity contribution < 1.29 is 37.4 Å². The lowest BCUT2D eigenvalue weighted by Crippen LogP contribution is -2.51. The average Bonchev–Trinajstić information content (AvgIpc) is 3.30. The first-order chi connectivity index (χ1) is 18.7. The normalized spacial score (nSPS) is 17.1. The maximum absolute atomic E-state index is 15.1. The minimum absolute atomic E-state index is 0.0151. The molecule has 39 heavy (non-hydrogen) atoms. The lowest BCUT2D eigenvalue weighted by Gasteiger charge is -2.36. The van der Waals surface area contributed by atoms with Gasteiger partial charge in [-0.2, -0.15) is 0 Å². The zero-order valence-corrected chi connectivity index (χ0v) is 21.4. The number of benzene rings is 1. The Morgan fingerprint density at radius 1 is 1.10 bits per heavy atom. The summed E-state index contributed by atoms with van der Waals surface area (Å²) >= 11 is 0. The second-order valence-corrected chi connectivity index (χ2v) is 8.99. The third-order valence-electron chi connectivity index (χ3n) is 6.37. The summed E-state index contributed by atoms with van der Waals surface area (Å²) in [7, 11) is 1.19. The summed E-state index contributed by atoms with van der Waals surface area (Å²) in [5.41, 5.74) is 0.818. The molecule has 208 valence electrons. The van der Waals surface area contributed by atoms with Gasteiger partial charge < -0.3 is 29.9 Å². The molecule has 0 aliphatic carbocycles. The van der Waals surface area contributed by atoms with Crippen LogP contribution in [-0.4, -0.2) is 92.9 Å². The molecule has 0 spiro atoms. The Bertz CT molecular complexity index is 1230. The number of ether oxygens (including phenoxy) is 2. The number of rotatable bonds is 7. The highest BCUT2D eigenvalue weighted by Gasteiger charge is 2.34. The summed E-state index contributed by atoms with van der Waals surface area (Å²) in [6.45, 7) is 2.29. The number of carbonyl (C=O) groups excluding carboxylic acids is 4. The number of anilines is 2. The number of piperazine rings is 1. The van der Waals surface area contributed by atoms with Gasteiger partial charge in [0, 0.05) is 50.2 Å². The number of amides is 4. The zero-order valence-electron chi connectivity index (χ0n) is 21.4. The van der Waals surface area contributed by atoms with E-state index in [9.17, 15) is 19.2 Å². The van der Waals surface area contributed by atoms with Crippen LogP contribution in [0.2, 0.25) is 0 Å². The number of aryl methyl sites for hydroxylation is 1. The van der Waals surface area contributed by atoms with E-state index in [1.165, 1.54) is 23.1 Å². The molecule has 4 amide bonds. The van der Waals surface area contributed by atoms with Gasteiger partial charge in [-0.25, -0.2) is 18.4 Å². The van der Waals surface area contributed by atoms with Crippen molar-refractivity contribution in [2.75, 3.05) is 62.7 Å². The number of nitrogens with one attached hydrogen (secondary N) is 2. The molecule has 2 aliphatic heterocycles. The number of methoxy groups -OCH3 is 1. The minimum Gasteiger partial charge on any atom is -0.453 e. The van der Waals surface area contributed by atoms with Crippen LogP contribution in [0.15, 0.2) is 30.5 Å². The van der Waals surface area contributed by atoms with Gasteiger partial charge in [-0.15, -0.1) is 0 Å². The molecule has 1 aromatic carbocycles. The Labute approximate surface area is 222 Å². The third kappa shape index (κ3) is 6.51. The fraction of sp³-hybridized carbons (Fsp3) is 0.400. The second-order valence-electron chi connectivity index (χ2n) is 8.99. The molecule has 0 bridgehead atoms. The Hall–Kier alpha value is -4.49.